The predicted molar refractivity (Wildman–Crippen MR) is 148 cm³/mol. The van der Waals surface area contributed by atoms with Crippen LogP contribution in [0.15, 0.2) is 60.7 Å². The van der Waals surface area contributed by atoms with E-state index in [4.69, 9.17) is 9.47 Å². The molecule has 3 aliphatic heterocycles. The summed E-state index contributed by atoms with van der Waals surface area (Å²) in [6, 6.07) is 14.1. The topological polar surface area (TPSA) is 126 Å². The number of nitrogens with one attached hydrogen (secondary N) is 1. The van der Waals surface area contributed by atoms with Gasteiger partial charge in [-0.25, -0.2) is 18.4 Å². The van der Waals surface area contributed by atoms with E-state index in [1.165, 1.54) is 41.0 Å². The number of ether oxygens (including phenoxy) is 2. The maximum atomic E-state index is 15.3. The van der Waals surface area contributed by atoms with Gasteiger partial charge in [-0.1, -0.05) is 12.1 Å². The Balaban J connectivity index is 1.14. The Kier molecular flexibility index (Phi) is 7.00. The van der Waals surface area contributed by atoms with Gasteiger partial charge in [-0.15, -0.1) is 0 Å². The van der Waals surface area contributed by atoms with Gasteiger partial charge in [-0.2, -0.15) is 0 Å². The normalized spacial score (nSPS) is 19.6. The molecule has 2 fully saturated rings. The molecule has 1 N–H and O–H groups in total. The Hall–Kier alpha value is -5.33. The van der Waals surface area contributed by atoms with Gasteiger partial charge in [0, 0.05) is 18.1 Å². The largest absolute Gasteiger partial charge is 0.442 e. The molecule has 11 nitrogen and oxygen atoms in total. The summed E-state index contributed by atoms with van der Waals surface area (Å²) in [6.45, 7) is 1.35. The predicted octanol–water partition coefficient (Wildman–Crippen LogP) is 3.71. The molecule has 0 unspecified atom stereocenters. The lowest BCUT2D eigenvalue weighted by molar-refractivity contribution is -0.119. The molecule has 2 atom stereocenters. The van der Waals surface area contributed by atoms with Crippen molar-refractivity contribution in [1.29, 1.82) is 0 Å². The second-order valence-corrected chi connectivity index (χ2v) is 10.3. The fourth-order valence-corrected chi connectivity index (χ4v) is 5.31. The number of cyclic esters (lactones) is 2. The van der Waals surface area contributed by atoms with E-state index in [1.807, 2.05) is 0 Å². The number of nitrogens with zero attached hydrogens (tertiary/aromatic N) is 3. The van der Waals surface area contributed by atoms with Crippen molar-refractivity contribution in [2.75, 3.05) is 36.0 Å². The van der Waals surface area contributed by atoms with Gasteiger partial charge in [0.2, 0.25) is 5.91 Å². The first-order valence-corrected chi connectivity index (χ1v) is 13.4. The van der Waals surface area contributed by atoms with Crippen molar-refractivity contribution >= 4 is 41.3 Å². The molecule has 3 aromatic carbocycles. The van der Waals surface area contributed by atoms with Crippen molar-refractivity contribution in [3.05, 3.63) is 83.4 Å². The quantitative estimate of drug-likeness (QED) is 0.416. The van der Waals surface area contributed by atoms with Crippen LogP contribution >= 0.6 is 0 Å². The third-order valence-corrected chi connectivity index (χ3v) is 7.41. The fourth-order valence-electron chi connectivity index (χ4n) is 5.31. The van der Waals surface area contributed by atoms with E-state index in [-0.39, 0.29) is 65.7 Å². The molecule has 3 aliphatic rings. The molecule has 0 bridgehead atoms. The number of halogens is 2. The molecule has 0 aliphatic carbocycles. The molecular formula is C30H24F2N4O7. The van der Waals surface area contributed by atoms with Crippen molar-refractivity contribution in [3.8, 4) is 11.1 Å². The number of imide groups is 1. The average Bonchev–Trinajstić information content (AvgIpc) is 3.62. The van der Waals surface area contributed by atoms with Gasteiger partial charge in [0.05, 0.1) is 48.7 Å². The van der Waals surface area contributed by atoms with Crippen LogP contribution in [0.25, 0.3) is 11.1 Å². The molecule has 5 amide bonds. The summed E-state index contributed by atoms with van der Waals surface area (Å²) in [5.74, 6) is -2.84. The minimum absolute atomic E-state index is 0.0387. The number of benzene rings is 3. The average molecular weight is 591 g/mol. The first-order chi connectivity index (χ1) is 20.6. The van der Waals surface area contributed by atoms with E-state index in [0.717, 1.165) is 17.0 Å². The summed E-state index contributed by atoms with van der Waals surface area (Å²) in [5, 5.41) is 2.56. The minimum Gasteiger partial charge on any atom is -0.442 e. The molecule has 43 heavy (non-hydrogen) atoms. The van der Waals surface area contributed by atoms with Crippen LogP contribution in [-0.2, 0) is 14.3 Å². The lowest BCUT2D eigenvalue weighted by Crippen LogP contribution is -2.38. The van der Waals surface area contributed by atoms with Gasteiger partial charge in [0.25, 0.3) is 11.8 Å². The zero-order valence-corrected chi connectivity index (χ0v) is 22.7. The van der Waals surface area contributed by atoms with E-state index in [0.29, 0.717) is 0 Å². The Labute approximate surface area is 243 Å². The summed E-state index contributed by atoms with van der Waals surface area (Å²) in [4.78, 5) is 64.8. The van der Waals surface area contributed by atoms with Gasteiger partial charge < -0.3 is 14.8 Å². The Morgan fingerprint density at radius 3 is 1.74 bits per heavy atom. The summed E-state index contributed by atoms with van der Waals surface area (Å²) in [7, 11) is 0. The molecule has 3 aromatic rings. The smallest absolute Gasteiger partial charge is 0.414 e. The first kappa shape index (κ1) is 27.8. The number of rotatable bonds is 7. The Bertz CT molecular complexity index is 1660. The standard InChI is InChI=1S/C30H24F2N4O7/c1-16(37)33-12-19-13-34(29(40)42-19)17-6-8-21(25(31)10-17)22-9-7-18(11-26(22)32)35-14-20(43-30(35)41)15-36-27(38)23-4-2-3-5-24(23)28(36)39/h2-11,19-20H,12-15H2,1H3,(H,33,37)/t19-,20-/m0/s1. The van der Waals surface area contributed by atoms with E-state index in [2.05, 4.69) is 5.32 Å². The highest BCUT2D eigenvalue weighted by Gasteiger charge is 2.41. The van der Waals surface area contributed by atoms with Crippen molar-refractivity contribution < 1.29 is 42.2 Å². The third kappa shape index (κ3) is 5.13. The molecule has 3 heterocycles. The number of carbonyl (C=O) groups is 5. The zero-order chi connectivity index (χ0) is 30.4. The zero-order valence-electron chi connectivity index (χ0n) is 22.7. The molecule has 0 radical (unpaired) electrons. The summed E-state index contributed by atoms with van der Waals surface area (Å²) < 4.78 is 41.0. The maximum Gasteiger partial charge on any atom is 0.414 e. The highest BCUT2D eigenvalue weighted by atomic mass is 19.1. The molecular weight excluding hydrogens is 566 g/mol. The molecule has 0 aromatic heterocycles. The van der Waals surface area contributed by atoms with Crippen LogP contribution in [0.4, 0.5) is 29.7 Å². The number of anilines is 2. The van der Waals surface area contributed by atoms with Gasteiger partial charge in [-0.3, -0.25) is 29.1 Å². The van der Waals surface area contributed by atoms with Crippen LogP contribution in [0.5, 0.6) is 0 Å². The summed E-state index contributed by atoms with van der Waals surface area (Å²) in [6.07, 6.45) is -2.92. The molecule has 0 saturated carbocycles. The van der Waals surface area contributed by atoms with Crippen molar-refractivity contribution in [2.45, 2.75) is 19.1 Å². The lowest BCUT2D eigenvalue weighted by atomic mass is 10.0. The number of hydrogen-bond acceptors (Lipinski definition) is 7. The van der Waals surface area contributed by atoms with Crippen LogP contribution in [-0.4, -0.2) is 73.2 Å². The first-order valence-electron chi connectivity index (χ1n) is 13.4. The highest BCUT2D eigenvalue weighted by Crippen LogP contribution is 2.33. The SMILES string of the molecule is CC(=O)NC[C@H]1CN(c2ccc(-c3ccc(N4C[C@@H](CN5C(=O)c6ccccc6C5=O)OC4=O)cc3F)c(F)c2)C(=O)O1. The number of fused-ring (bicyclic) bond motifs is 1. The minimum atomic E-state index is -0.836. The van der Waals surface area contributed by atoms with Crippen LogP contribution < -0.4 is 15.1 Å². The monoisotopic (exact) mass is 590 g/mol. The van der Waals surface area contributed by atoms with E-state index in [1.54, 1.807) is 24.3 Å². The summed E-state index contributed by atoms with van der Waals surface area (Å²) >= 11 is 0. The Morgan fingerprint density at radius 2 is 1.26 bits per heavy atom. The number of carbonyl (C=O) groups excluding carboxylic acids is 5. The van der Waals surface area contributed by atoms with Crippen molar-refractivity contribution in [2.24, 2.45) is 0 Å². The van der Waals surface area contributed by atoms with E-state index in [9.17, 15) is 24.0 Å². The van der Waals surface area contributed by atoms with Crippen molar-refractivity contribution in [1.82, 2.24) is 10.2 Å². The van der Waals surface area contributed by atoms with E-state index < -0.39 is 47.8 Å². The number of amides is 5. The van der Waals surface area contributed by atoms with E-state index >= 15 is 8.78 Å². The molecule has 2 saturated heterocycles. The third-order valence-electron chi connectivity index (χ3n) is 7.41. The molecule has 6 rings (SSSR count). The van der Waals surface area contributed by atoms with Crippen LogP contribution in [0.2, 0.25) is 0 Å². The molecule has 0 spiro atoms. The van der Waals surface area contributed by atoms with Crippen LogP contribution in [0.3, 0.4) is 0 Å². The lowest BCUT2D eigenvalue weighted by Gasteiger charge is -2.18. The van der Waals surface area contributed by atoms with Crippen LogP contribution in [0.1, 0.15) is 27.6 Å². The highest BCUT2D eigenvalue weighted by molar-refractivity contribution is 6.21. The van der Waals surface area contributed by atoms with Gasteiger partial charge in [0.15, 0.2) is 0 Å². The molecule has 220 valence electrons. The van der Waals surface area contributed by atoms with Crippen molar-refractivity contribution in [3.63, 3.8) is 0 Å². The summed E-state index contributed by atoms with van der Waals surface area (Å²) in [5.41, 5.74) is 0.769. The van der Waals surface area contributed by atoms with Gasteiger partial charge in [0.1, 0.15) is 23.8 Å². The number of hydrogen-bond donors (Lipinski definition) is 1. The fraction of sp³-hybridized carbons (Fsp3) is 0.233. The van der Waals surface area contributed by atoms with Gasteiger partial charge >= 0.3 is 12.2 Å². The molecule has 13 heteroatoms. The second kappa shape index (κ2) is 10.8. The maximum absolute atomic E-state index is 15.3. The second-order valence-electron chi connectivity index (χ2n) is 10.3. The Morgan fingerprint density at radius 1 is 0.767 bits per heavy atom. The van der Waals surface area contributed by atoms with Gasteiger partial charge in [-0.05, 0) is 48.5 Å². The van der Waals surface area contributed by atoms with Crippen LogP contribution in [0, 0.1) is 11.6 Å².